The summed E-state index contributed by atoms with van der Waals surface area (Å²) in [4.78, 5) is 17.0. The number of amides is 1. The van der Waals surface area contributed by atoms with E-state index < -0.39 is 0 Å². The van der Waals surface area contributed by atoms with Gasteiger partial charge in [0.05, 0.1) is 0 Å². The van der Waals surface area contributed by atoms with Crippen LogP contribution in [0.2, 0.25) is 5.02 Å². The van der Waals surface area contributed by atoms with Gasteiger partial charge < -0.3 is 9.64 Å². The van der Waals surface area contributed by atoms with Crippen LogP contribution in [0.1, 0.15) is 31.9 Å². The van der Waals surface area contributed by atoms with E-state index in [-0.39, 0.29) is 30.4 Å². The van der Waals surface area contributed by atoms with E-state index in [1.807, 2.05) is 36.1 Å². The summed E-state index contributed by atoms with van der Waals surface area (Å²) in [6.45, 7) is 8.38. The number of rotatable bonds is 6. The second-order valence-corrected chi connectivity index (χ2v) is 8.13. The van der Waals surface area contributed by atoms with Gasteiger partial charge in [0, 0.05) is 36.7 Å². The van der Waals surface area contributed by atoms with Crippen LogP contribution < -0.4 is 4.74 Å². The lowest BCUT2D eigenvalue weighted by molar-refractivity contribution is -0.139. The molecule has 1 saturated heterocycles. The fraction of sp³-hybridized carbons (Fsp3) is 0.435. The lowest BCUT2D eigenvalue weighted by Gasteiger charge is -2.44. The van der Waals surface area contributed by atoms with Crippen molar-refractivity contribution in [2.75, 3.05) is 19.7 Å². The van der Waals surface area contributed by atoms with E-state index in [9.17, 15) is 9.18 Å². The zero-order chi connectivity index (χ0) is 21.0. The van der Waals surface area contributed by atoms with Gasteiger partial charge in [0.15, 0.2) is 6.61 Å². The van der Waals surface area contributed by atoms with Gasteiger partial charge in [-0.2, -0.15) is 0 Å². The number of halogens is 2. The fourth-order valence-corrected chi connectivity index (χ4v) is 3.97. The molecule has 1 heterocycles. The molecule has 1 aliphatic heterocycles. The predicted octanol–water partition coefficient (Wildman–Crippen LogP) is 4.54. The van der Waals surface area contributed by atoms with Crippen molar-refractivity contribution in [2.24, 2.45) is 0 Å². The minimum atomic E-state index is -0.225. The van der Waals surface area contributed by atoms with Gasteiger partial charge in [-0.25, -0.2) is 4.39 Å². The maximum absolute atomic E-state index is 13.1. The van der Waals surface area contributed by atoms with Gasteiger partial charge >= 0.3 is 0 Å². The van der Waals surface area contributed by atoms with Gasteiger partial charge in [-0.3, -0.25) is 9.69 Å². The SMILES string of the molecule is CCc1cc(Cl)ccc1OCC(=O)N1CC(C)N(Cc2ccc(F)cc2)C[C@H]1C. The van der Waals surface area contributed by atoms with Gasteiger partial charge in [0.1, 0.15) is 11.6 Å². The molecule has 0 N–H and O–H groups in total. The molecule has 0 radical (unpaired) electrons. The molecule has 1 amide bonds. The number of ether oxygens (including phenoxy) is 1. The average Bonchev–Trinajstić information content (AvgIpc) is 2.70. The largest absolute Gasteiger partial charge is 0.483 e. The van der Waals surface area contributed by atoms with Crippen LogP contribution in [0.5, 0.6) is 5.75 Å². The average molecular weight is 419 g/mol. The summed E-state index contributed by atoms with van der Waals surface area (Å²) in [5.41, 5.74) is 2.07. The number of hydrogen-bond acceptors (Lipinski definition) is 3. The highest BCUT2D eigenvalue weighted by Crippen LogP contribution is 2.24. The van der Waals surface area contributed by atoms with Crippen LogP contribution in [-0.4, -0.2) is 47.5 Å². The summed E-state index contributed by atoms with van der Waals surface area (Å²) in [6, 6.07) is 12.4. The van der Waals surface area contributed by atoms with E-state index >= 15 is 0 Å². The van der Waals surface area contributed by atoms with E-state index in [4.69, 9.17) is 16.3 Å². The minimum Gasteiger partial charge on any atom is -0.483 e. The lowest BCUT2D eigenvalue weighted by atomic mass is 10.1. The molecule has 1 unspecified atom stereocenters. The van der Waals surface area contributed by atoms with Crippen LogP contribution in [0.25, 0.3) is 0 Å². The zero-order valence-corrected chi connectivity index (χ0v) is 18.0. The first-order valence-corrected chi connectivity index (χ1v) is 10.4. The van der Waals surface area contributed by atoms with Crippen LogP contribution in [0.4, 0.5) is 4.39 Å². The first-order valence-electron chi connectivity index (χ1n) is 10.1. The zero-order valence-electron chi connectivity index (χ0n) is 17.2. The highest BCUT2D eigenvalue weighted by molar-refractivity contribution is 6.30. The summed E-state index contributed by atoms with van der Waals surface area (Å²) in [7, 11) is 0. The van der Waals surface area contributed by atoms with Gasteiger partial charge in [-0.15, -0.1) is 0 Å². The molecule has 0 aromatic heterocycles. The van der Waals surface area contributed by atoms with Crippen molar-refractivity contribution in [1.82, 2.24) is 9.80 Å². The van der Waals surface area contributed by atoms with Crippen molar-refractivity contribution in [2.45, 2.75) is 45.8 Å². The van der Waals surface area contributed by atoms with E-state index in [2.05, 4.69) is 18.7 Å². The maximum Gasteiger partial charge on any atom is 0.260 e. The van der Waals surface area contributed by atoms with E-state index in [0.29, 0.717) is 17.3 Å². The molecule has 156 valence electrons. The summed E-state index contributed by atoms with van der Waals surface area (Å²) >= 11 is 6.04. The highest BCUT2D eigenvalue weighted by atomic mass is 35.5. The summed E-state index contributed by atoms with van der Waals surface area (Å²) in [5, 5.41) is 0.667. The Morgan fingerprint density at radius 2 is 1.86 bits per heavy atom. The molecule has 2 aromatic rings. The summed E-state index contributed by atoms with van der Waals surface area (Å²) < 4.78 is 18.9. The maximum atomic E-state index is 13.1. The smallest absolute Gasteiger partial charge is 0.260 e. The first kappa shape index (κ1) is 21.6. The minimum absolute atomic E-state index is 0.0113. The number of benzene rings is 2. The molecule has 2 atom stereocenters. The molecular formula is C23H28ClFN2O2. The predicted molar refractivity (Wildman–Crippen MR) is 114 cm³/mol. The molecule has 3 rings (SSSR count). The van der Waals surface area contributed by atoms with Crippen LogP contribution in [0, 0.1) is 5.82 Å². The molecule has 0 bridgehead atoms. The Balaban J connectivity index is 1.58. The van der Waals surface area contributed by atoms with Crippen LogP contribution in [-0.2, 0) is 17.8 Å². The Hall–Kier alpha value is -2.11. The molecule has 29 heavy (non-hydrogen) atoms. The fourth-order valence-electron chi connectivity index (χ4n) is 3.78. The first-order chi connectivity index (χ1) is 13.9. The van der Waals surface area contributed by atoms with Crippen molar-refractivity contribution in [3.8, 4) is 5.75 Å². The number of nitrogens with zero attached hydrogens (tertiary/aromatic N) is 2. The standard InChI is InChI=1S/C23H28ClFN2O2/c1-4-19-11-20(24)7-10-22(19)29-15-23(28)27-13-16(2)26(12-17(27)3)14-18-5-8-21(25)9-6-18/h5-11,16-17H,4,12-15H2,1-3H3/t16?,17-/m1/s1. The Morgan fingerprint density at radius 3 is 2.55 bits per heavy atom. The monoisotopic (exact) mass is 418 g/mol. The Kier molecular flexibility index (Phi) is 7.14. The van der Waals surface area contributed by atoms with Gasteiger partial charge in [-0.1, -0.05) is 30.7 Å². The molecule has 6 heteroatoms. The van der Waals surface area contributed by atoms with Crippen molar-refractivity contribution < 1.29 is 13.9 Å². The van der Waals surface area contributed by atoms with E-state index in [1.54, 1.807) is 6.07 Å². The number of carbonyl (C=O) groups is 1. The molecule has 0 spiro atoms. The normalized spacial score (nSPS) is 20.0. The van der Waals surface area contributed by atoms with Gasteiger partial charge in [0.25, 0.3) is 5.91 Å². The van der Waals surface area contributed by atoms with Gasteiger partial charge in [-0.05, 0) is 61.7 Å². The third-order valence-electron chi connectivity index (χ3n) is 5.49. The summed E-state index contributed by atoms with van der Waals surface area (Å²) in [5.74, 6) is 0.473. The topological polar surface area (TPSA) is 32.8 Å². The molecular weight excluding hydrogens is 391 g/mol. The quantitative estimate of drug-likeness (QED) is 0.690. The highest BCUT2D eigenvalue weighted by Gasteiger charge is 2.32. The number of hydrogen-bond donors (Lipinski definition) is 0. The molecule has 4 nitrogen and oxygen atoms in total. The summed E-state index contributed by atoms with van der Waals surface area (Å²) in [6.07, 6.45) is 0.791. The van der Waals surface area contributed by atoms with Crippen molar-refractivity contribution >= 4 is 17.5 Å². The number of piperazine rings is 1. The van der Waals surface area contributed by atoms with Crippen LogP contribution in [0.15, 0.2) is 42.5 Å². The Bertz CT molecular complexity index is 843. The second-order valence-electron chi connectivity index (χ2n) is 7.69. The second kappa shape index (κ2) is 9.59. The molecule has 1 aliphatic rings. The number of aryl methyl sites for hydroxylation is 1. The van der Waals surface area contributed by atoms with Crippen LogP contribution in [0.3, 0.4) is 0 Å². The third kappa shape index (κ3) is 5.49. The Labute approximate surface area is 177 Å². The molecule has 1 fully saturated rings. The molecule has 2 aromatic carbocycles. The van der Waals surface area contributed by atoms with Crippen molar-refractivity contribution in [3.05, 3.63) is 64.4 Å². The molecule has 0 aliphatic carbocycles. The van der Waals surface area contributed by atoms with Crippen LogP contribution >= 0.6 is 11.6 Å². The number of carbonyl (C=O) groups excluding carboxylic acids is 1. The van der Waals surface area contributed by atoms with Gasteiger partial charge in [0.2, 0.25) is 0 Å². The Morgan fingerprint density at radius 1 is 1.14 bits per heavy atom. The lowest BCUT2D eigenvalue weighted by Crippen LogP contribution is -2.58. The molecule has 0 saturated carbocycles. The van der Waals surface area contributed by atoms with Crippen molar-refractivity contribution in [3.63, 3.8) is 0 Å². The van der Waals surface area contributed by atoms with E-state index in [0.717, 1.165) is 30.6 Å². The van der Waals surface area contributed by atoms with E-state index in [1.165, 1.54) is 12.1 Å². The third-order valence-corrected chi connectivity index (χ3v) is 5.72. The van der Waals surface area contributed by atoms with Crippen molar-refractivity contribution in [1.29, 1.82) is 0 Å².